The topological polar surface area (TPSA) is 75.7 Å². The molecule has 3 rings (SSSR count). The van der Waals surface area contributed by atoms with Crippen LogP contribution >= 0.6 is 0 Å². The van der Waals surface area contributed by atoms with Gasteiger partial charge >= 0.3 is 0 Å². The number of sulfonamides is 1. The van der Waals surface area contributed by atoms with Crippen LogP contribution in [-0.4, -0.2) is 38.8 Å². The third-order valence-electron chi connectivity index (χ3n) is 5.14. The molecule has 0 spiro atoms. The number of carbonyl (C=O) groups excluding carboxylic acids is 1. The Kier molecular flexibility index (Phi) is 7.17. The summed E-state index contributed by atoms with van der Waals surface area (Å²) in [5.41, 5.74) is 1.99. The van der Waals surface area contributed by atoms with E-state index in [1.54, 1.807) is 7.11 Å². The van der Waals surface area contributed by atoms with Crippen molar-refractivity contribution in [2.24, 2.45) is 5.92 Å². The van der Waals surface area contributed by atoms with Crippen LogP contribution in [0.25, 0.3) is 0 Å². The molecule has 1 heterocycles. The van der Waals surface area contributed by atoms with Gasteiger partial charge < -0.3 is 10.1 Å². The fourth-order valence-electron chi connectivity index (χ4n) is 3.43. The van der Waals surface area contributed by atoms with E-state index in [1.165, 1.54) is 0 Å². The van der Waals surface area contributed by atoms with E-state index < -0.39 is 26.6 Å². The zero-order valence-electron chi connectivity index (χ0n) is 16.6. The normalized spacial score (nSPS) is 15.8. The average molecular weight is 438 g/mol. The second-order valence-corrected chi connectivity index (χ2v) is 9.13. The molecule has 2 aromatic carbocycles. The van der Waals surface area contributed by atoms with Crippen molar-refractivity contribution in [3.05, 3.63) is 65.2 Å². The largest absolute Gasteiger partial charge is 0.380 e. The zero-order chi connectivity index (χ0) is 21.7. The molecule has 1 N–H and O–H groups in total. The summed E-state index contributed by atoms with van der Waals surface area (Å²) in [6, 6.07) is 10.0. The Bertz CT molecular complexity index is 989. The Labute approximate surface area is 174 Å². The number of ether oxygens (including phenoxy) is 1. The van der Waals surface area contributed by atoms with E-state index in [0.29, 0.717) is 32.1 Å². The molecular formula is C21H24F2N2O4S. The number of hydrogen-bond acceptors (Lipinski definition) is 4. The van der Waals surface area contributed by atoms with Crippen molar-refractivity contribution >= 4 is 15.9 Å². The molecule has 9 heteroatoms. The molecule has 1 aliphatic heterocycles. The molecule has 0 unspecified atom stereocenters. The fraction of sp³-hybridized carbons (Fsp3) is 0.381. The van der Waals surface area contributed by atoms with Gasteiger partial charge in [-0.1, -0.05) is 24.3 Å². The molecule has 1 fully saturated rings. The molecule has 2 aromatic rings. The highest BCUT2D eigenvalue weighted by molar-refractivity contribution is 7.89. The molecule has 1 saturated heterocycles. The van der Waals surface area contributed by atoms with Gasteiger partial charge in [-0.3, -0.25) is 4.79 Å². The number of amides is 1. The van der Waals surface area contributed by atoms with E-state index in [-0.39, 0.29) is 24.9 Å². The first kappa shape index (κ1) is 22.3. The van der Waals surface area contributed by atoms with E-state index in [9.17, 15) is 22.0 Å². The molecule has 1 aliphatic rings. The molecule has 0 aliphatic carbocycles. The van der Waals surface area contributed by atoms with Crippen molar-refractivity contribution in [3.63, 3.8) is 0 Å². The lowest BCUT2D eigenvalue weighted by Crippen LogP contribution is -2.43. The Balaban J connectivity index is 1.54. The van der Waals surface area contributed by atoms with E-state index >= 15 is 0 Å². The number of nitrogens with zero attached hydrogens (tertiary/aromatic N) is 1. The van der Waals surface area contributed by atoms with Gasteiger partial charge in [-0.25, -0.2) is 17.2 Å². The van der Waals surface area contributed by atoms with Crippen LogP contribution in [0.2, 0.25) is 0 Å². The highest BCUT2D eigenvalue weighted by Gasteiger charge is 2.33. The molecule has 30 heavy (non-hydrogen) atoms. The van der Waals surface area contributed by atoms with Crippen LogP contribution in [0.3, 0.4) is 0 Å². The van der Waals surface area contributed by atoms with Crippen molar-refractivity contribution in [2.45, 2.75) is 30.9 Å². The fourth-order valence-corrected chi connectivity index (χ4v) is 4.97. The van der Waals surface area contributed by atoms with Crippen LogP contribution in [0.1, 0.15) is 24.0 Å². The van der Waals surface area contributed by atoms with Gasteiger partial charge in [-0.15, -0.1) is 0 Å². The summed E-state index contributed by atoms with van der Waals surface area (Å²) in [6.07, 6.45) is 0.629. The molecule has 0 radical (unpaired) electrons. The number of hydrogen-bond donors (Lipinski definition) is 1. The van der Waals surface area contributed by atoms with Gasteiger partial charge in [0.2, 0.25) is 15.9 Å². The number of nitrogens with one attached hydrogen (secondary N) is 1. The second kappa shape index (κ2) is 9.63. The van der Waals surface area contributed by atoms with Crippen LogP contribution in [0, 0.1) is 17.6 Å². The number of halogens is 2. The van der Waals surface area contributed by atoms with Gasteiger partial charge in [-0.05, 0) is 42.2 Å². The maximum atomic E-state index is 13.9. The van der Waals surface area contributed by atoms with Crippen LogP contribution < -0.4 is 5.32 Å². The summed E-state index contributed by atoms with van der Waals surface area (Å²) < 4.78 is 58.7. The minimum absolute atomic E-state index is 0.0715. The molecular weight excluding hydrogens is 414 g/mol. The minimum atomic E-state index is -4.15. The SMILES string of the molecule is COCc1ccc(CNC(=O)C2CCN(S(=O)(=O)c3cc(F)ccc3F)CC2)cc1. The Morgan fingerprint density at radius 1 is 1.10 bits per heavy atom. The highest BCUT2D eigenvalue weighted by Crippen LogP contribution is 2.26. The molecule has 0 bridgehead atoms. The lowest BCUT2D eigenvalue weighted by Gasteiger charge is -2.30. The lowest BCUT2D eigenvalue weighted by molar-refractivity contribution is -0.126. The van der Waals surface area contributed by atoms with E-state index in [1.807, 2.05) is 24.3 Å². The molecule has 0 aromatic heterocycles. The van der Waals surface area contributed by atoms with Crippen molar-refractivity contribution < 1.29 is 26.7 Å². The van der Waals surface area contributed by atoms with Crippen LogP contribution in [0.5, 0.6) is 0 Å². The van der Waals surface area contributed by atoms with Gasteiger partial charge in [0.25, 0.3) is 0 Å². The maximum absolute atomic E-state index is 13.9. The third kappa shape index (κ3) is 5.21. The van der Waals surface area contributed by atoms with Crippen molar-refractivity contribution in [1.29, 1.82) is 0 Å². The highest BCUT2D eigenvalue weighted by atomic mass is 32.2. The molecule has 0 atom stereocenters. The third-order valence-corrected chi connectivity index (χ3v) is 7.05. The van der Waals surface area contributed by atoms with Crippen LogP contribution in [0.15, 0.2) is 47.4 Å². The lowest BCUT2D eigenvalue weighted by atomic mass is 9.97. The Morgan fingerprint density at radius 3 is 2.37 bits per heavy atom. The number of piperidine rings is 1. The standard InChI is InChI=1S/C21H24F2N2O4S/c1-29-14-16-4-2-15(3-5-16)13-24-21(26)17-8-10-25(11-9-17)30(27,28)20-12-18(22)6-7-19(20)23/h2-7,12,17H,8-11,13-14H2,1H3,(H,24,26). The number of benzene rings is 2. The summed E-state index contributed by atoms with van der Waals surface area (Å²) in [7, 11) is -2.53. The summed E-state index contributed by atoms with van der Waals surface area (Å²) in [5.74, 6) is -2.29. The summed E-state index contributed by atoms with van der Waals surface area (Å²) in [5, 5.41) is 2.87. The van der Waals surface area contributed by atoms with Gasteiger partial charge in [0.05, 0.1) is 6.61 Å². The second-order valence-electron chi connectivity index (χ2n) is 7.22. The quantitative estimate of drug-likeness (QED) is 0.721. The first-order valence-corrected chi connectivity index (χ1v) is 11.0. The maximum Gasteiger partial charge on any atom is 0.246 e. The zero-order valence-corrected chi connectivity index (χ0v) is 17.4. The van der Waals surface area contributed by atoms with Crippen LogP contribution in [-0.2, 0) is 32.7 Å². The van der Waals surface area contributed by atoms with E-state index in [0.717, 1.165) is 27.6 Å². The van der Waals surface area contributed by atoms with Crippen molar-refractivity contribution in [2.75, 3.05) is 20.2 Å². The van der Waals surface area contributed by atoms with Gasteiger partial charge in [-0.2, -0.15) is 4.31 Å². The molecule has 1 amide bonds. The van der Waals surface area contributed by atoms with Crippen molar-refractivity contribution in [1.82, 2.24) is 9.62 Å². The smallest absolute Gasteiger partial charge is 0.246 e. The van der Waals surface area contributed by atoms with Gasteiger partial charge in [0, 0.05) is 32.7 Å². The first-order valence-electron chi connectivity index (χ1n) is 9.61. The summed E-state index contributed by atoms with van der Waals surface area (Å²) in [4.78, 5) is 11.8. The van der Waals surface area contributed by atoms with E-state index in [4.69, 9.17) is 4.74 Å². The summed E-state index contributed by atoms with van der Waals surface area (Å²) in [6.45, 7) is 1.04. The van der Waals surface area contributed by atoms with E-state index in [2.05, 4.69) is 5.32 Å². The monoisotopic (exact) mass is 438 g/mol. The summed E-state index contributed by atoms with van der Waals surface area (Å²) >= 11 is 0. The van der Waals surface area contributed by atoms with Gasteiger partial charge in [0.15, 0.2) is 0 Å². The van der Waals surface area contributed by atoms with Crippen molar-refractivity contribution in [3.8, 4) is 0 Å². The first-order chi connectivity index (χ1) is 14.3. The number of methoxy groups -OCH3 is 1. The van der Waals surface area contributed by atoms with Gasteiger partial charge in [0.1, 0.15) is 16.5 Å². The minimum Gasteiger partial charge on any atom is -0.380 e. The Hall–Kier alpha value is -2.36. The average Bonchev–Trinajstić information content (AvgIpc) is 2.75. The van der Waals surface area contributed by atoms with Crippen LogP contribution in [0.4, 0.5) is 8.78 Å². The predicted octanol–water partition coefficient (Wildman–Crippen LogP) is 2.83. The Morgan fingerprint density at radius 2 is 1.73 bits per heavy atom. The molecule has 0 saturated carbocycles. The predicted molar refractivity (Wildman–Crippen MR) is 107 cm³/mol. The molecule has 162 valence electrons. The number of rotatable bonds is 7. The number of carbonyl (C=O) groups is 1. The molecule has 6 nitrogen and oxygen atoms in total.